The number of aliphatic hydroxyl groups is 1. The van der Waals surface area contributed by atoms with Gasteiger partial charge in [-0.1, -0.05) is 6.07 Å². The molecule has 0 radical (unpaired) electrons. The van der Waals surface area contributed by atoms with E-state index in [0.29, 0.717) is 5.56 Å². The maximum Gasteiger partial charge on any atom is 0.311 e. The molecule has 1 aromatic carbocycles. The Hall–Kier alpha value is -2.41. The van der Waals surface area contributed by atoms with Crippen LogP contribution in [0.15, 0.2) is 24.3 Å². The van der Waals surface area contributed by atoms with Gasteiger partial charge >= 0.3 is 5.69 Å². The van der Waals surface area contributed by atoms with Gasteiger partial charge in [-0.25, -0.2) is 0 Å². The van der Waals surface area contributed by atoms with E-state index in [1.807, 2.05) is 13.0 Å². The minimum atomic E-state index is -0.525. The summed E-state index contributed by atoms with van der Waals surface area (Å²) in [5.41, 5.74) is 2.00. The first-order valence-corrected chi connectivity index (χ1v) is 6.01. The van der Waals surface area contributed by atoms with Crippen molar-refractivity contribution in [3.63, 3.8) is 0 Å². The van der Waals surface area contributed by atoms with Crippen LogP contribution in [0.2, 0.25) is 0 Å². The molecular weight excluding hydrogens is 262 g/mol. The second kappa shape index (κ2) is 5.70. The maximum atomic E-state index is 11.0. The summed E-state index contributed by atoms with van der Waals surface area (Å²) in [7, 11) is 1.79. The van der Waals surface area contributed by atoms with Crippen molar-refractivity contribution in [3.05, 3.63) is 51.3 Å². The molecule has 1 aromatic heterocycles. The van der Waals surface area contributed by atoms with Crippen molar-refractivity contribution in [1.29, 1.82) is 0 Å². The quantitative estimate of drug-likeness (QED) is 0.663. The molecule has 7 nitrogen and oxygen atoms in total. The molecule has 2 rings (SSSR count). The average molecular weight is 277 g/mol. The third-order valence-electron chi connectivity index (χ3n) is 2.88. The van der Waals surface area contributed by atoms with Gasteiger partial charge in [0.05, 0.1) is 22.9 Å². The second-order valence-corrected chi connectivity index (χ2v) is 4.41. The van der Waals surface area contributed by atoms with Crippen LogP contribution in [0.25, 0.3) is 0 Å². The van der Waals surface area contributed by atoms with E-state index in [1.165, 1.54) is 12.1 Å². The first kappa shape index (κ1) is 14.0. The summed E-state index contributed by atoms with van der Waals surface area (Å²) in [6.07, 6.45) is 0. The number of benzene rings is 1. The van der Waals surface area contributed by atoms with E-state index in [9.17, 15) is 10.1 Å². The highest BCUT2D eigenvalue weighted by Gasteiger charge is 2.16. The number of hydrogen-bond acceptors (Lipinski definition) is 5. The predicted octanol–water partition coefficient (Wildman–Crippen LogP) is 1.71. The van der Waals surface area contributed by atoms with E-state index in [-0.39, 0.29) is 24.7 Å². The number of rotatable bonds is 5. The normalized spacial score (nSPS) is 10.6. The van der Waals surface area contributed by atoms with E-state index in [0.717, 1.165) is 11.4 Å². The van der Waals surface area contributed by atoms with E-state index >= 15 is 0 Å². The second-order valence-electron chi connectivity index (χ2n) is 4.41. The number of nitro benzene ring substituents is 1. The topological polar surface area (TPSA) is 90.4 Å². The van der Waals surface area contributed by atoms with Crippen LogP contribution in [0.1, 0.15) is 17.0 Å². The van der Waals surface area contributed by atoms with Gasteiger partial charge in [0.2, 0.25) is 0 Å². The fraction of sp³-hybridized carbons (Fsp3) is 0.308. The minimum absolute atomic E-state index is 0.157. The molecular formula is C13H15N3O4. The summed E-state index contributed by atoms with van der Waals surface area (Å²) in [4.78, 5) is 10.5. The Morgan fingerprint density at radius 1 is 1.45 bits per heavy atom. The van der Waals surface area contributed by atoms with E-state index in [4.69, 9.17) is 9.84 Å². The average Bonchev–Trinajstić information content (AvgIpc) is 2.74. The van der Waals surface area contributed by atoms with Gasteiger partial charge in [-0.2, -0.15) is 5.10 Å². The lowest BCUT2D eigenvalue weighted by Crippen LogP contribution is -2.04. The van der Waals surface area contributed by atoms with Crippen molar-refractivity contribution in [2.75, 3.05) is 0 Å². The monoisotopic (exact) mass is 277 g/mol. The van der Waals surface area contributed by atoms with Crippen molar-refractivity contribution in [2.24, 2.45) is 7.05 Å². The number of aryl methyl sites for hydroxylation is 2. The third kappa shape index (κ3) is 2.94. The van der Waals surface area contributed by atoms with Crippen LogP contribution in [-0.4, -0.2) is 19.8 Å². The SMILES string of the molecule is Cc1cc(COc2ccc(CO)cc2[N+](=O)[O-])n(C)n1. The zero-order valence-corrected chi connectivity index (χ0v) is 11.2. The van der Waals surface area contributed by atoms with Crippen LogP contribution >= 0.6 is 0 Å². The molecule has 7 heteroatoms. The van der Waals surface area contributed by atoms with Gasteiger partial charge in [0.25, 0.3) is 0 Å². The van der Waals surface area contributed by atoms with Gasteiger partial charge < -0.3 is 9.84 Å². The molecule has 0 fully saturated rings. The molecule has 0 unspecified atom stereocenters. The molecule has 0 aliphatic heterocycles. The Balaban J connectivity index is 2.20. The summed E-state index contributed by atoms with van der Waals surface area (Å²) in [6, 6.07) is 6.25. The number of nitro groups is 1. The Bertz CT molecular complexity index is 637. The molecule has 20 heavy (non-hydrogen) atoms. The first-order valence-electron chi connectivity index (χ1n) is 6.01. The van der Waals surface area contributed by atoms with E-state index in [2.05, 4.69) is 5.10 Å². The number of hydrogen-bond donors (Lipinski definition) is 1. The lowest BCUT2D eigenvalue weighted by atomic mass is 10.2. The Morgan fingerprint density at radius 3 is 2.75 bits per heavy atom. The molecule has 0 aliphatic carbocycles. The van der Waals surface area contributed by atoms with Gasteiger partial charge in [0, 0.05) is 13.1 Å². The van der Waals surface area contributed by atoms with Gasteiger partial charge in [-0.05, 0) is 24.6 Å². The van der Waals surface area contributed by atoms with Crippen LogP contribution in [-0.2, 0) is 20.3 Å². The van der Waals surface area contributed by atoms with Crippen molar-refractivity contribution in [1.82, 2.24) is 9.78 Å². The van der Waals surface area contributed by atoms with Gasteiger partial charge in [0.15, 0.2) is 5.75 Å². The maximum absolute atomic E-state index is 11.0. The highest BCUT2D eigenvalue weighted by molar-refractivity contribution is 5.48. The number of ether oxygens (including phenoxy) is 1. The zero-order valence-electron chi connectivity index (χ0n) is 11.2. The van der Waals surface area contributed by atoms with Crippen LogP contribution in [0.5, 0.6) is 5.75 Å². The number of aromatic nitrogens is 2. The van der Waals surface area contributed by atoms with Crippen molar-refractivity contribution < 1.29 is 14.8 Å². The summed E-state index contributed by atoms with van der Waals surface area (Å²) >= 11 is 0. The van der Waals surface area contributed by atoms with Crippen molar-refractivity contribution >= 4 is 5.69 Å². The number of nitrogens with zero attached hydrogens (tertiary/aromatic N) is 3. The molecule has 2 aromatic rings. The van der Waals surface area contributed by atoms with Crippen molar-refractivity contribution in [3.8, 4) is 5.75 Å². The van der Waals surface area contributed by atoms with Crippen LogP contribution in [0, 0.1) is 17.0 Å². The van der Waals surface area contributed by atoms with Crippen LogP contribution < -0.4 is 4.74 Å². The molecule has 0 aliphatic rings. The highest BCUT2D eigenvalue weighted by atomic mass is 16.6. The van der Waals surface area contributed by atoms with E-state index in [1.54, 1.807) is 17.8 Å². The van der Waals surface area contributed by atoms with Gasteiger partial charge in [-0.3, -0.25) is 14.8 Å². The fourth-order valence-corrected chi connectivity index (χ4v) is 1.88. The van der Waals surface area contributed by atoms with Crippen LogP contribution in [0.4, 0.5) is 5.69 Å². The molecule has 0 saturated carbocycles. The van der Waals surface area contributed by atoms with Gasteiger partial charge in [0.1, 0.15) is 6.61 Å². The molecule has 0 spiro atoms. The standard InChI is InChI=1S/C13H15N3O4/c1-9-5-11(15(2)14-9)8-20-13-4-3-10(7-17)6-12(13)16(18)19/h3-6,17H,7-8H2,1-2H3. The first-order chi connectivity index (χ1) is 9.51. The Kier molecular flexibility index (Phi) is 3.99. The predicted molar refractivity (Wildman–Crippen MR) is 71.3 cm³/mol. The largest absolute Gasteiger partial charge is 0.480 e. The fourth-order valence-electron chi connectivity index (χ4n) is 1.88. The smallest absolute Gasteiger partial charge is 0.311 e. The Morgan fingerprint density at radius 2 is 2.20 bits per heavy atom. The van der Waals surface area contributed by atoms with Gasteiger partial charge in [-0.15, -0.1) is 0 Å². The van der Waals surface area contributed by atoms with Crippen molar-refractivity contribution in [2.45, 2.75) is 20.1 Å². The molecule has 0 amide bonds. The Labute approximate surface area is 115 Å². The molecule has 1 heterocycles. The summed E-state index contributed by atoms with van der Waals surface area (Å²) in [5, 5.41) is 24.2. The lowest BCUT2D eigenvalue weighted by Gasteiger charge is -2.07. The molecule has 106 valence electrons. The third-order valence-corrected chi connectivity index (χ3v) is 2.88. The molecule has 0 atom stereocenters. The van der Waals surface area contributed by atoms with E-state index < -0.39 is 4.92 Å². The van der Waals surface area contributed by atoms with Crippen LogP contribution in [0.3, 0.4) is 0 Å². The minimum Gasteiger partial charge on any atom is -0.480 e. The number of aliphatic hydroxyl groups excluding tert-OH is 1. The lowest BCUT2D eigenvalue weighted by molar-refractivity contribution is -0.386. The summed E-state index contributed by atoms with van der Waals surface area (Å²) in [6.45, 7) is 1.81. The zero-order chi connectivity index (χ0) is 14.7. The molecule has 0 bridgehead atoms. The molecule has 0 saturated heterocycles. The highest BCUT2D eigenvalue weighted by Crippen LogP contribution is 2.28. The summed E-state index contributed by atoms with van der Waals surface area (Å²) in [5.74, 6) is 0.172. The summed E-state index contributed by atoms with van der Waals surface area (Å²) < 4.78 is 7.16. The molecule has 1 N–H and O–H groups in total.